The molecule has 0 fully saturated rings. The molecule has 0 atom stereocenters. The molecular formula is C17H19NO3S. The first-order chi connectivity index (χ1) is 10.6. The van der Waals surface area contributed by atoms with Gasteiger partial charge in [0.25, 0.3) is 0 Å². The van der Waals surface area contributed by atoms with Gasteiger partial charge in [-0.15, -0.1) is 0 Å². The SMILES string of the molecule is O=S(=O)(CCN1CCCc2ccccc21)Oc1ccccc1. The summed E-state index contributed by atoms with van der Waals surface area (Å²) >= 11 is 0. The molecule has 1 aliphatic heterocycles. The summed E-state index contributed by atoms with van der Waals surface area (Å²) in [5.74, 6) is 0.345. The quantitative estimate of drug-likeness (QED) is 0.796. The molecule has 0 spiro atoms. The lowest BCUT2D eigenvalue weighted by Crippen LogP contribution is -2.34. The van der Waals surface area contributed by atoms with Gasteiger partial charge in [-0.2, -0.15) is 8.42 Å². The topological polar surface area (TPSA) is 46.6 Å². The molecule has 22 heavy (non-hydrogen) atoms. The van der Waals surface area contributed by atoms with Crippen molar-refractivity contribution in [2.45, 2.75) is 12.8 Å². The first kappa shape index (κ1) is 14.9. The van der Waals surface area contributed by atoms with Gasteiger partial charge in [0.05, 0.1) is 0 Å². The molecule has 3 rings (SSSR count). The van der Waals surface area contributed by atoms with Crippen LogP contribution >= 0.6 is 0 Å². The molecule has 116 valence electrons. The standard InChI is InChI=1S/C17H19NO3S/c19-22(20,21-16-9-2-1-3-10-16)14-13-18-12-6-8-15-7-4-5-11-17(15)18/h1-5,7,9-11H,6,8,12-14H2. The van der Waals surface area contributed by atoms with Gasteiger partial charge in [-0.3, -0.25) is 0 Å². The van der Waals surface area contributed by atoms with E-state index in [1.54, 1.807) is 24.3 Å². The molecular weight excluding hydrogens is 298 g/mol. The summed E-state index contributed by atoms with van der Waals surface area (Å²) in [4.78, 5) is 2.13. The lowest BCUT2D eigenvalue weighted by atomic mass is 10.0. The van der Waals surface area contributed by atoms with Gasteiger partial charge < -0.3 is 9.08 Å². The van der Waals surface area contributed by atoms with Crippen molar-refractivity contribution in [3.8, 4) is 5.75 Å². The predicted molar refractivity (Wildman–Crippen MR) is 87.8 cm³/mol. The van der Waals surface area contributed by atoms with E-state index >= 15 is 0 Å². The molecule has 0 radical (unpaired) electrons. The van der Waals surface area contributed by atoms with Gasteiger partial charge in [-0.1, -0.05) is 36.4 Å². The molecule has 1 aliphatic rings. The van der Waals surface area contributed by atoms with Crippen molar-refractivity contribution in [2.24, 2.45) is 0 Å². The molecule has 2 aromatic rings. The maximum absolute atomic E-state index is 12.1. The molecule has 0 N–H and O–H groups in total. The van der Waals surface area contributed by atoms with Crippen LogP contribution in [0, 0.1) is 0 Å². The summed E-state index contributed by atoms with van der Waals surface area (Å²) in [7, 11) is -3.58. The van der Waals surface area contributed by atoms with Gasteiger partial charge in [0.2, 0.25) is 0 Å². The largest absolute Gasteiger partial charge is 0.382 e. The van der Waals surface area contributed by atoms with Crippen LogP contribution < -0.4 is 9.08 Å². The van der Waals surface area contributed by atoms with Crippen molar-refractivity contribution < 1.29 is 12.6 Å². The van der Waals surface area contributed by atoms with E-state index in [0.29, 0.717) is 12.3 Å². The number of anilines is 1. The van der Waals surface area contributed by atoms with Gasteiger partial charge in [0.1, 0.15) is 11.5 Å². The van der Waals surface area contributed by atoms with Gasteiger partial charge in [0, 0.05) is 18.8 Å². The number of para-hydroxylation sites is 2. The highest BCUT2D eigenvalue weighted by molar-refractivity contribution is 7.87. The lowest BCUT2D eigenvalue weighted by molar-refractivity contribution is 0.485. The van der Waals surface area contributed by atoms with Crippen molar-refractivity contribution in [1.29, 1.82) is 0 Å². The highest BCUT2D eigenvalue weighted by Crippen LogP contribution is 2.26. The minimum Gasteiger partial charge on any atom is -0.382 e. The van der Waals surface area contributed by atoms with Gasteiger partial charge >= 0.3 is 10.1 Å². The van der Waals surface area contributed by atoms with E-state index in [4.69, 9.17) is 4.18 Å². The molecule has 0 aromatic heterocycles. The minimum atomic E-state index is -3.58. The van der Waals surface area contributed by atoms with Crippen molar-refractivity contribution >= 4 is 15.8 Å². The van der Waals surface area contributed by atoms with E-state index < -0.39 is 10.1 Å². The second-order valence-corrected chi connectivity index (χ2v) is 7.07. The highest BCUT2D eigenvalue weighted by Gasteiger charge is 2.20. The first-order valence-electron chi connectivity index (χ1n) is 7.44. The zero-order valence-corrected chi connectivity index (χ0v) is 13.1. The van der Waals surface area contributed by atoms with Crippen LogP contribution in [0.3, 0.4) is 0 Å². The zero-order valence-electron chi connectivity index (χ0n) is 12.3. The number of fused-ring (bicyclic) bond motifs is 1. The molecule has 0 unspecified atom stereocenters. The van der Waals surface area contributed by atoms with E-state index in [1.807, 2.05) is 18.2 Å². The summed E-state index contributed by atoms with van der Waals surface area (Å²) < 4.78 is 29.3. The Morgan fingerprint density at radius 3 is 2.55 bits per heavy atom. The summed E-state index contributed by atoms with van der Waals surface area (Å²) in [6.07, 6.45) is 2.11. The summed E-state index contributed by atoms with van der Waals surface area (Å²) in [6, 6.07) is 16.8. The average molecular weight is 317 g/mol. The van der Waals surface area contributed by atoms with E-state index in [2.05, 4.69) is 17.0 Å². The predicted octanol–water partition coefficient (Wildman–Crippen LogP) is 2.85. The van der Waals surface area contributed by atoms with E-state index in [0.717, 1.165) is 25.1 Å². The third-order valence-electron chi connectivity index (χ3n) is 3.78. The second kappa shape index (κ2) is 6.40. The van der Waals surface area contributed by atoms with Crippen LogP contribution in [0.5, 0.6) is 5.75 Å². The van der Waals surface area contributed by atoms with Crippen LogP contribution in [0.15, 0.2) is 54.6 Å². The molecule has 1 heterocycles. The number of hydrogen-bond donors (Lipinski definition) is 0. The Balaban J connectivity index is 1.65. The first-order valence-corrected chi connectivity index (χ1v) is 9.02. The molecule has 0 aliphatic carbocycles. The Hall–Kier alpha value is -2.01. The third-order valence-corrected chi connectivity index (χ3v) is 4.91. The van der Waals surface area contributed by atoms with Crippen molar-refractivity contribution in [3.63, 3.8) is 0 Å². The Morgan fingerprint density at radius 2 is 1.73 bits per heavy atom. The molecule has 0 amide bonds. The lowest BCUT2D eigenvalue weighted by Gasteiger charge is -2.31. The Kier molecular flexibility index (Phi) is 4.34. The van der Waals surface area contributed by atoms with Crippen molar-refractivity contribution in [2.75, 3.05) is 23.7 Å². The summed E-state index contributed by atoms with van der Waals surface area (Å²) in [5.41, 5.74) is 2.43. The van der Waals surface area contributed by atoms with E-state index in [1.165, 1.54) is 5.56 Å². The fraction of sp³-hybridized carbons (Fsp3) is 0.294. The van der Waals surface area contributed by atoms with E-state index in [9.17, 15) is 8.42 Å². The number of hydrogen-bond acceptors (Lipinski definition) is 4. The van der Waals surface area contributed by atoms with E-state index in [-0.39, 0.29) is 5.75 Å². The Bertz CT molecular complexity index is 729. The van der Waals surface area contributed by atoms with Crippen molar-refractivity contribution in [1.82, 2.24) is 0 Å². The number of rotatable bonds is 5. The highest BCUT2D eigenvalue weighted by atomic mass is 32.2. The fourth-order valence-electron chi connectivity index (χ4n) is 2.73. The third kappa shape index (κ3) is 3.60. The van der Waals surface area contributed by atoms with Crippen LogP contribution in [0.1, 0.15) is 12.0 Å². The molecule has 4 nitrogen and oxygen atoms in total. The van der Waals surface area contributed by atoms with Crippen LogP contribution in [0.2, 0.25) is 0 Å². The van der Waals surface area contributed by atoms with Gasteiger partial charge in [-0.05, 0) is 36.6 Å². The molecule has 0 saturated heterocycles. The average Bonchev–Trinajstić information content (AvgIpc) is 2.53. The molecule has 0 saturated carbocycles. The van der Waals surface area contributed by atoms with Gasteiger partial charge in [-0.25, -0.2) is 0 Å². The number of benzene rings is 2. The minimum absolute atomic E-state index is 0.0176. The molecule has 0 bridgehead atoms. The zero-order chi connectivity index (χ0) is 15.4. The fourth-order valence-corrected chi connectivity index (χ4v) is 3.66. The van der Waals surface area contributed by atoms with Crippen LogP contribution in [-0.2, 0) is 16.5 Å². The Morgan fingerprint density at radius 1 is 1.00 bits per heavy atom. The van der Waals surface area contributed by atoms with Crippen LogP contribution in [0.25, 0.3) is 0 Å². The molecule has 2 aromatic carbocycles. The maximum Gasteiger partial charge on any atom is 0.310 e. The van der Waals surface area contributed by atoms with Crippen molar-refractivity contribution in [3.05, 3.63) is 60.2 Å². The summed E-state index contributed by atoms with van der Waals surface area (Å²) in [5, 5.41) is 0. The summed E-state index contributed by atoms with van der Waals surface area (Å²) in [6.45, 7) is 1.34. The second-order valence-electron chi connectivity index (χ2n) is 5.38. The van der Waals surface area contributed by atoms with Gasteiger partial charge in [0.15, 0.2) is 0 Å². The number of aryl methyl sites for hydroxylation is 1. The van der Waals surface area contributed by atoms with Crippen LogP contribution in [-0.4, -0.2) is 27.3 Å². The molecule has 5 heteroatoms. The normalized spacial score (nSPS) is 14.5. The Labute approximate surface area is 131 Å². The maximum atomic E-state index is 12.1. The smallest absolute Gasteiger partial charge is 0.310 e. The van der Waals surface area contributed by atoms with Crippen LogP contribution in [0.4, 0.5) is 5.69 Å². The number of nitrogens with zero attached hydrogens (tertiary/aromatic N) is 1. The monoisotopic (exact) mass is 317 g/mol.